The molecule has 1 heterocycles. The third kappa shape index (κ3) is 13.9. The number of nitrogens with two attached hydrogens (primary N) is 3. The highest BCUT2D eigenvalue weighted by Gasteiger charge is 2.15. The Balaban J connectivity index is -0.000000144. The Morgan fingerprint density at radius 1 is 0.846 bits per heavy atom. The van der Waals surface area contributed by atoms with Gasteiger partial charge in [0, 0.05) is 12.8 Å². The summed E-state index contributed by atoms with van der Waals surface area (Å²) < 4.78 is 0. The highest BCUT2D eigenvalue weighted by molar-refractivity contribution is 6.01. The van der Waals surface area contributed by atoms with Crippen LogP contribution in [0.3, 0.4) is 0 Å². The molecule has 80 valence electrons. The molecule has 0 aromatic rings. The predicted molar refractivity (Wildman–Crippen MR) is 52.7 cm³/mol. The van der Waals surface area contributed by atoms with Crippen molar-refractivity contribution >= 4 is 11.8 Å². The van der Waals surface area contributed by atoms with Gasteiger partial charge >= 0.3 is 0 Å². The molecule has 6 nitrogen and oxygen atoms in total. The molecule has 13 heavy (non-hydrogen) atoms. The van der Waals surface area contributed by atoms with Crippen LogP contribution in [0.25, 0.3) is 0 Å². The highest BCUT2D eigenvalue weighted by Crippen LogP contribution is 1.95. The number of hydrogen-bond donors (Lipinski definition) is 4. The molecule has 7 N–H and O–H groups in total. The summed E-state index contributed by atoms with van der Waals surface area (Å²) in [4.78, 5) is 20.2. The van der Waals surface area contributed by atoms with Gasteiger partial charge in [0.2, 0.25) is 11.8 Å². The van der Waals surface area contributed by atoms with E-state index in [1.165, 1.54) is 21.1 Å². The molecule has 1 fully saturated rings. The van der Waals surface area contributed by atoms with Gasteiger partial charge in [-0.25, -0.2) is 0 Å². The Morgan fingerprint density at radius 2 is 1.08 bits per heavy atom. The normalized spacial score (nSPS) is 12.2. The van der Waals surface area contributed by atoms with Crippen LogP contribution < -0.4 is 22.5 Å². The van der Waals surface area contributed by atoms with Crippen molar-refractivity contribution in [1.82, 2.24) is 5.32 Å². The molecule has 1 aliphatic rings. The second-order valence-electron chi connectivity index (χ2n) is 1.47. The van der Waals surface area contributed by atoms with Crippen molar-refractivity contribution in [2.45, 2.75) is 12.8 Å². The Bertz CT molecular complexity index is 114. The zero-order chi connectivity index (χ0) is 11.3. The maximum atomic E-state index is 10.1. The lowest BCUT2D eigenvalue weighted by Gasteiger charge is -1.79. The van der Waals surface area contributed by atoms with Crippen molar-refractivity contribution in [3.8, 4) is 0 Å². The molecule has 0 aliphatic carbocycles. The van der Waals surface area contributed by atoms with Crippen LogP contribution in [-0.4, -0.2) is 33.0 Å². The van der Waals surface area contributed by atoms with Gasteiger partial charge in [-0.05, 0) is 21.1 Å². The summed E-state index contributed by atoms with van der Waals surface area (Å²) in [6, 6.07) is 0. The van der Waals surface area contributed by atoms with Crippen molar-refractivity contribution in [3.63, 3.8) is 0 Å². The van der Waals surface area contributed by atoms with Gasteiger partial charge in [0.1, 0.15) is 0 Å². The maximum Gasteiger partial charge on any atom is 0.227 e. The molecule has 0 bridgehead atoms. The fourth-order valence-corrected chi connectivity index (χ4v) is 0.508. The van der Waals surface area contributed by atoms with Crippen LogP contribution >= 0.6 is 0 Å². The molecule has 0 spiro atoms. The zero-order valence-corrected chi connectivity index (χ0v) is 8.46. The monoisotopic (exact) mass is 192 g/mol. The Kier molecular flexibility index (Phi) is 23.7. The van der Waals surface area contributed by atoms with Gasteiger partial charge in [-0.1, -0.05) is 0 Å². The van der Waals surface area contributed by atoms with Crippen molar-refractivity contribution < 1.29 is 9.59 Å². The lowest BCUT2D eigenvalue weighted by atomic mass is 10.4. The predicted octanol–water partition coefficient (Wildman–Crippen LogP) is -1.85. The van der Waals surface area contributed by atoms with E-state index < -0.39 is 0 Å². The quantitative estimate of drug-likeness (QED) is 0.335. The van der Waals surface area contributed by atoms with E-state index in [4.69, 9.17) is 0 Å². The summed E-state index contributed by atoms with van der Waals surface area (Å²) in [5.74, 6) is -0.296. The summed E-state index contributed by atoms with van der Waals surface area (Å²) in [5.41, 5.74) is 13.5. The number of imide groups is 1. The number of hydrogen-bond acceptors (Lipinski definition) is 5. The van der Waals surface area contributed by atoms with Crippen LogP contribution in [0.15, 0.2) is 0 Å². The standard InChI is InChI=1S/C4H5NO2.3CH5N/c6-3-1-2-4(7)5-3;3*1-2/h1-2H2,(H,5,6,7);3*2H2,1H3. The largest absolute Gasteiger partial charge is 0.333 e. The van der Waals surface area contributed by atoms with Gasteiger partial charge in [-0.3, -0.25) is 14.9 Å². The average Bonchev–Trinajstić information content (AvgIpc) is 2.60. The van der Waals surface area contributed by atoms with Crippen molar-refractivity contribution in [3.05, 3.63) is 0 Å². The number of carbonyl (C=O) groups is 2. The fourth-order valence-electron chi connectivity index (χ4n) is 0.508. The zero-order valence-electron chi connectivity index (χ0n) is 8.46. The van der Waals surface area contributed by atoms with E-state index in [9.17, 15) is 9.59 Å². The first kappa shape index (κ1) is 17.9. The molecular weight excluding hydrogens is 172 g/mol. The molecule has 1 saturated heterocycles. The van der Waals surface area contributed by atoms with Crippen LogP contribution in [0.2, 0.25) is 0 Å². The van der Waals surface area contributed by atoms with E-state index in [1.54, 1.807) is 0 Å². The van der Waals surface area contributed by atoms with Gasteiger partial charge in [0.05, 0.1) is 0 Å². The van der Waals surface area contributed by atoms with E-state index >= 15 is 0 Å². The van der Waals surface area contributed by atoms with Crippen LogP contribution in [-0.2, 0) is 9.59 Å². The summed E-state index contributed by atoms with van der Waals surface area (Å²) in [6.07, 6.45) is 0.748. The van der Waals surface area contributed by atoms with E-state index in [1.807, 2.05) is 0 Å². The Hall–Kier alpha value is -0.980. The summed E-state index contributed by atoms with van der Waals surface area (Å²) in [7, 11) is 4.50. The summed E-state index contributed by atoms with van der Waals surface area (Å²) in [5, 5.41) is 2.14. The molecule has 0 aromatic heterocycles. The minimum atomic E-state index is -0.148. The molecule has 0 atom stereocenters. The van der Waals surface area contributed by atoms with Crippen LogP contribution in [0, 0.1) is 0 Å². The SMILES string of the molecule is CN.CN.CN.O=C1CCC(=O)N1. The molecule has 0 radical (unpaired) electrons. The van der Waals surface area contributed by atoms with Gasteiger partial charge in [0.25, 0.3) is 0 Å². The van der Waals surface area contributed by atoms with Crippen molar-refractivity contribution in [2.75, 3.05) is 21.1 Å². The lowest BCUT2D eigenvalue weighted by molar-refractivity contribution is -0.124. The van der Waals surface area contributed by atoms with Crippen molar-refractivity contribution in [1.29, 1.82) is 0 Å². The number of amides is 2. The molecule has 0 unspecified atom stereocenters. The van der Waals surface area contributed by atoms with E-state index in [2.05, 4.69) is 22.5 Å². The molecule has 1 rings (SSSR count). The summed E-state index contributed by atoms with van der Waals surface area (Å²) in [6.45, 7) is 0. The third-order valence-corrected chi connectivity index (χ3v) is 0.858. The van der Waals surface area contributed by atoms with Gasteiger partial charge in [-0.15, -0.1) is 0 Å². The summed E-state index contributed by atoms with van der Waals surface area (Å²) >= 11 is 0. The van der Waals surface area contributed by atoms with E-state index in [-0.39, 0.29) is 11.8 Å². The number of nitrogens with one attached hydrogen (secondary N) is 1. The first-order valence-corrected chi connectivity index (χ1v) is 3.85. The minimum Gasteiger partial charge on any atom is -0.333 e. The minimum absolute atomic E-state index is 0.148. The lowest BCUT2D eigenvalue weighted by Crippen LogP contribution is -2.18. The molecule has 1 aliphatic heterocycles. The van der Waals surface area contributed by atoms with Crippen LogP contribution in [0.5, 0.6) is 0 Å². The fraction of sp³-hybridized carbons (Fsp3) is 0.714. The third-order valence-electron chi connectivity index (χ3n) is 0.858. The van der Waals surface area contributed by atoms with Crippen LogP contribution in [0.4, 0.5) is 0 Å². The number of carbonyl (C=O) groups excluding carboxylic acids is 2. The van der Waals surface area contributed by atoms with Crippen molar-refractivity contribution in [2.24, 2.45) is 17.2 Å². The second kappa shape index (κ2) is 17.2. The van der Waals surface area contributed by atoms with Gasteiger partial charge < -0.3 is 17.2 Å². The average molecular weight is 192 g/mol. The molecule has 6 heteroatoms. The Morgan fingerprint density at radius 3 is 1.15 bits per heavy atom. The maximum absolute atomic E-state index is 10.1. The van der Waals surface area contributed by atoms with E-state index in [0.29, 0.717) is 12.8 Å². The smallest absolute Gasteiger partial charge is 0.227 e. The molecule has 2 amide bonds. The topological polar surface area (TPSA) is 124 Å². The number of rotatable bonds is 0. The second-order valence-corrected chi connectivity index (χ2v) is 1.47. The van der Waals surface area contributed by atoms with E-state index in [0.717, 1.165) is 0 Å². The Labute approximate surface area is 78.8 Å². The van der Waals surface area contributed by atoms with Gasteiger partial charge in [0.15, 0.2) is 0 Å². The molecular formula is C7H20N4O2. The molecule has 0 saturated carbocycles. The van der Waals surface area contributed by atoms with Gasteiger partial charge in [-0.2, -0.15) is 0 Å². The first-order valence-electron chi connectivity index (χ1n) is 3.85. The van der Waals surface area contributed by atoms with Crippen LogP contribution in [0.1, 0.15) is 12.8 Å². The molecule has 0 aromatic carbocycles. The first-order chi connectivity index (χ1) is 6.29. The highest BCUT2D eigenvalue weighted by atomic mass is 16.2.